The molecule has 7 nitrogen and oxygen atoms in total. The van der Waals surface area contributed by atoms with E-state index in [4.69, 9.17) is 11.2 Å². The zero-order chi connectivity index (χ0) is 23.8. The lowest BCUT2D eigenvalue weighted by Gasteiger charge is -2.27. The van der Waals surface area contributed by atoms with Crippen LogP contribution in [0.25, 0.3) is 11.0 Å². The van der Waals surface area contributed by atoms with Crippen molar-refractivity contribution in [2.24, 2.45) is 7.05 Å². The van der Waals surface area contributed by atoms with Gasteiger partial charge in [-0.1, -0.05) is 24.1 Å². The van der Waals surface area contributed by atoms with E-state index in [9.17, 15) is 18.0 Å². The van der Waals surface area contributed by atoms with E-state index in [0.29, 0.717) is 36.1 Å². The number of hydrogen-bond donors (Lipinski definition) is 2. The number of anilines is 1. The second-order valence-electron chi connectivity index (χ2n) is 7.80. The molecule has 2 atom stereocenters. The molecule has 1 aromatic carbocycles. The van der Waals surface area contributed by atoms with Gasteiger partial charge in [-0.2, -0.15) is 0 Å². The molecule has 0 saturated carbocycles. The molecule has 2 aromatic heterocycles. The number of rotatable bonds is 6. The van der Waals surface area contributed by atoms with Crippen LogP contribution in [0.5, 0.6) is 0 Å². The van der Waals surface area contributed by atoms with Crippen molar-refractivity contribution in [1.29, 1.82) is 0 Å². The number of alkyl halides is 2. The van der Waals surface area contributed by atoms with Crippen LogP contribution in [-0.4, -0.2) is 34.7 Å². The summed E-state index contributed by atoms with van der Waals surface area (Å²) in [5, 5.41) is 6.61. The van der Waals surface area contributed by atoms with Crippen molar-refractivity contribution < 1.29 is 17.9 Å². The van der Waals surface area contributed by atoms with Crippen LogP contribution >= 0.6 is 0 Å². The van der Waals surface area contributed by atoms with Crippen LogP contribution in [0.15, 0.2) is 35.4 Å². The first-order chi connectivity index (χ1) is 15.8. The standard InChI is InChI=1S/C23H22F3N5O2/c1-4-17(13-6-5-7-14(18(13)24)19(25)26)30-20-15-10-16(23(33-3)8-9-27-11-23)22(32)31(2)21(15)29-12-28-20/h1,5-7,10,12,17,19,27H,8-9,11H2,2-3H3,(H,28,29,30)/t17-,23?/m1/s1. The first kappa shape index (κ1) is 22.8. The molecule has 10 heteroatoms. The van der Waals surface area contributed by atoms with Crippen molar-refractivity contribution in [3.8, 4) is 12.3 Å². The van der Waals surface area contributed by atoms with Gasteiger partial charge in [0.15, 0.2) is 0 Å². The van der Waals surface area contributed by atoms with Crippen LogP contribution in [0.1, 0.15) is 35.6 Å². The molecule has 1 fully saturated rings. The van der Waals surface area contributed by atoms with E-state index in [1.54, 1.807) is 20.2 Å². The number of terminal acetylenes is 1. The van der Waals surface area contributed by atoms with Gasteiger partial charge in [0.25, 0.3) is 12.0 Å². The zero-order valence-corrected chi connectivity index (χ0v) is 18.0. The quantitative estimate of drug-likeness (QED) is 0.554. The van der Waals surface area contributed by atoms with E-state index in [0.717, 1.165) is 6.07 Å². The zero-order valence-electron chi connectivity index (χ0n) is 18.0. The monoisotopic (exact) mass is 457 g/mol. The average molecular weight is 457 g/mol. The molecule has 33 heavy (non-hydrogen) atoms. The summed E-state index contributed by atoms with van der Waals surface area (Å²) in [5.41, 5.74) is -1.17. The maximum Gasteiger partial charge on any atom is 0.266 e. The SMILES string of the molecule is C#C[C@@H](Nc1ncnc2c1cc(C1(OC)CCNC1)c(=O)n2C)c1cccc(C(F)F)c1F. The lowest BCUT2D eigenvalue weighted by Crippen LogP contribution is -2.39. The maximum atomic E-state index is 14.7. The fraction of sp³-hybridized carbons (Fsp3) is 0.348. The molecule has 1 aliphatic rings. The van der Waals surface area contributed by atoms with Gasteiger partial charge in [-0.05, 0) is 19.0 Å². The number of fused-ring (bicyclic) bond motifs is 1. The van der Waals surface area contributed by atoms with Gasteiger partial charge in [0.05, 0.1) is 16.5 Å². The molecule has 0 radical (unpaired) electrons. The highest BCUT2D eigenvalue weighted by molar-refractivity contribution is 5.87. The van der Waals surface area contributed by atoms with E-state index in [1.807, 2.05) is 0 Å². The summed E-state index contributed by atoms with van der Waals surface area (Å²) < 4.78 is 48.2. The largest absolute Gasteiger partial charge is 0.372 e. The van der Waals surface area contributed by atoms with E-state index >= 15 is 0 Å². The Balaban J connectivity index is 1.84. The van der Waals surface area contributed by atoms with Crippen molar-refractivity contribution in [3.05, 3.63) is 63.5 Å². The third-order valence-electron chi connectivity index (χ3n) is 6.05. The number of aryl methyl sites for hydroxylation is 1. The van der Waals surface area contributed by atoms with Crippen LogP contribution in [0, 0.1) is 18.2 Å². The van der Waals surface area contributed by atoms with E-state index in [2.05, 4.69) is 26.5 Å². The minimum absolute atomic E-state index is 0.111. The van der Waals surface area contributed by atoms with Crippen molar-refractivity contribution in [3.63, 3.8) is 0 Å². The van der Waals surface area contributed by atoms with Gasteiger partial charge < -0.3 is 15.4 Å². The molecule has 0 spiro atoms. The fourth-order valence-corrected chi connectivity index (χ4v) is 4.20. The van der Waals surface area contributed by atoms with Gasteiger partial charge in [0, 0.05) is 26.3 Å². The Hall–Kier alpha value is -3.42. The molecule has 2 N–H and O–H groups in total. The minimum atomic E-state index is -2.98. The van der Waals surface area contributed by atoms with Gasteiger partial charge in [-0.3, -0.25) is 9.36 Å². The number of halogens is 3. The molecule has 0 amide bonds. The first-order valence-electron chi connectivity index (χ1n) is 10.2. The van der Waals surface area contributed by atoms with Crippen LogP contribution in [0.2, 0.25) is 0 Å². The Morgan fingerprint density at radius 2 is 2.09 bits per heavy atom. The lowest BCUT2D eigenvalue weighted by atomic mass is 9.93. The van der Waals surface area contributed by atoms with E-state index < -0.39 is 29.4 Å². The Bertz CT molecular complexity index is 1300. The minimum Gasteiger partial charge on any atom is -0.372 e. The van der Waals surface area contributed by atoms with Crippen molar-refractivity contribution in [2.75, 3.05) is 25.5 Å². The highest BCUT2D eigenvalue weighted by atomic mass is 19.3. The van der Waals surface area contributed by atoms with Gasteiger partial charge in [0.2, 0.25) is 0 Å². The molecule has 4 rings (SSSR count). The van der Waals surface area contributed by atoms with Crippen LogP contribution in [0.4, 0.5) is 19.0 Å². The Morgan fingerprint density at radius 3 is 2.73 bits per heavy atom. The summed E-state index contributed by atoms with van der Waals surface area (Å²) in [4.78, 5) is 21.6. The van der Waals surface area contributed by atoms with Crippen molar-refractivity contribution >= 4 is 16.9 Å². The Kier molecular flexibility index (Phi) is 6.10. The first-order valence-corrected chi connectivity index (χ1v) is 10.2. The Labute approximate surface area is 188 Å². The van der Waals surface area contributed by atoms with Crippen LogP contribution < -0.4 is 16.2 Å². The predicted molar refractivity (Wildman–Crippen MR) is 118 cm³/mol. The van der Waals surface area contributed by atoms with Crippen LogP contribution in [0.3, 0.4) is 0 Å². The second-order valence-corrected chi connectivity index (χ2v) is 7.80. The highest BCUT2D eigenvalue weighted by Gasteiger charge is 2.39. The molecule has 172 valence electrons. The summed E-state index contributed by atoms with van der Waals surface area (Å²) in [7, 11) is 3.13. The maximum absolute atomic E-state index is 14.7. The number of nitrogens with one attached hydrogen (secondary N) is 2. The van der Waals surface area contributed by atoms with Gasteiger partial charge in [-0.25, -0.2) is 23.1 Å². The number of aromatic nitrogens is 3. The highest BCUT2D eigenvalue weighted by Crippen LogP contribution is 2.33. The number of ether oxygens (including phenoxy) is 1. The third kappa shape index (κ3) is 3.83. The van der Waals surface area contributed by atoms with Crippen LogP contribution in [-0.2, 0) is 17.4 Å². The summed E-state index contributed by atoms with van der Waals surface area (Å²) in [6, 6.07) is 4.23. The number of benzene rings is 1. The third-order valence-corrected chi connectivity index (χ3v) is 6.05. The van der Waals surface area contributed by atoms with Gasteiger partial charge in [0.1, 0.15) is 35.3 Å². The molecule has 0 bridgehead atoms. The number of methoxy groups -OCH3 is 1. The summed E-state index contributed by atoms with van der Waals surface area (Å²) in [6.45, 7) is 1.14. The lowest BCUT2D eigenvalue weighted by molar-refractivity contribution is 0.00194. The van der Waals surface area contributed by atoms with Gasteiger partial charge in [-0.15, -0.1) is 6.42 Å². The molecule has 1 aliphatic heterocycles. The van der Waals surface area contributed by atoms with E-state index in [1.165, 1.54) is 23.0 Å². The summed E-state index contributed by atoms with van der Waals surface area (Å²) in [6.07, 6.45) is 4.48. The molecule has 1 unspecified atom stereocenters. The topological polar surface area (TPSA) is 81.1 Å². The van der Waals surface area contributed by atoms with Gasteiger partial charge >= 0.3 is 0 Å². The number of nitrogens with zero attached hydrogens (tertiary/aromatic N) is 3. The second kappa shape index (κ2) is 8.84. The van der Waals surface area contributed by atoms with E-state index in [-0.39, 0.29) is 16.9 Å². The molecule has 1 saturated heterocycles. The molecular weight excluding hydrogens is 435 g/mol. The van der Waals surface area contributed by atoms with Crippen molar-refractivity contribution in [2.45, 2.75) is 24.5 Å². The Morgan fingerprint density at radius 1 is 1.33 bits per heavy atom. The van der Waals surface area contributed by atoms with Crippen molar-refractivity contribution in [1.82, 2.24) is 19.9 Å². The average Bonchev–Trinajstić information content (AvgIpc) is 3.30. The summed E-state index contributed by atoms with van der Waals surface area (Å²) in [5.74, 6) is 1.55. The molecule has 3 heterocycles. The molecular formula is C23H22F3N5O2. The number of hydrogen-bond acceptors (Lipinski definition) is 6. The normalized spacial score (nSPS) is 19.1. The smallest absolute Gasteiger partial charge is 0.266 e. The fourth-order valence-electron chi connectivity index (χ4n) is 4.20. The predicted octanol–water partition coefficient (Wildman–Crippen LogP) is 3.03. The number of pyridine rings is 1. The summed E-state index contributed by atoms with van der Waals surface area (Å²) >= 11 is 0. The molecule has 0 aliphatic carbocycles. The molecule has 3 aromatic rings.